The summed E-state index contributed by atoms with van der Waals surface area (Å²) in [5.74, 6) is 0.336. The van der Waals surface area contributed by atoms with Gasteiger partial charge in [-0.15, -0.1) is 0 Å². The molecular formula is C11H15NO2. The van der Waals surface area contributed by atoms with Crippen molar-refractivity contribution in [1.82, 2.24) is 4.98 Å². The molecule has 1 unspecified atom stereocenters. The Morgan fingerprint density at radius 3 is 3.07 bits per heavy atom. The van der Waals surface area contributed by atoms with Gasteiger partial charge in [0.05, 0.1) is 6.61 Å². The van der Waals surface area contributed by atoms with Crippen molar-refractivity contribution in [3.8, 4) is 0 Å². The molecule has 1 aliphatic rings. The molecule has 1 heterocycles. The minimum Gasteiger partial charge on any atom is -0.461 e. The standard InChI is InChI=1S/C11H15NO2/c1-3-7-5-8-6-12-10(9(7)8)11(13)14-4-2/h6-7,12H,3-5H2,1-2H3. The number of H-pyrrole nitrogens is 1. The molecule has 0 fully saturated rings. The summed E-state index contributed by atoms with van der Waals surface area (Å²) in [7, 11) is 0. The van der Waals surface area contributed by atoms with Crippen LogP contribution in [0.25, 0.3) is 0 Å². The van der Waals surface area contributed by atoms with E-state index >= 15 is 0 Å². The van der Waals surface area contributed by atoms with E-state index in [9.17, 15) is 4.79 Å². The van der Waals surface area contributed by atoms with Crippen LogP contribution in [0.15, 0.2) is 6.20 Å². The van der Waals surface area contributed by atoms with E-state index in [1.165, 1.54) is 11.1 Å². The van der Waals surface area contributed by atoms with E-state index < -0.39 is 0 Å². The van der Waals surface area contributed by atoms with Crippen molar-refractivity contribution in [2.45, 2.75) is 32.6 Å². The number of hydrogen-bond acceptors (Lipinski definition) is 2. The quantitative estimate of drug-likeness (QED) is 0.748. The van der Waals surface area contributed by atoms with E-state index in [2.05, 4.69) is 11.9 Å². The van der Waals surface area contributed by atoms with Gasteiger partial charge in [-0.05, 0) is 36.8 Å². The molecule has 0 saturated carbocycles. The lowest BCUT2D eigenvalue weighted by atomic mass is 9.77. The Labute approximate surface area is 83.5 Å². The van der Waals surface area contributed by atoms with Crippen LogP contribution in [0.3, 0.4) is 0 Å². The predicted molar refractivity (Wildman–Crippen MR) is 53.5 cm³/mol. The molecule has 1 aromatic heterocycles. The maximum absolute atomic E-state index is 11.5. The maximum Gasteiger partial charge on any atom is 0.355 e. The number of carbonyl (C=O) groups is 1. The highest BCUT2D eigenvalue weighted by atomic mass is 16.5. The molecule has 0 bridgehead atoms. The SMILES string of the molecule is CCOC(=O)c1[nH]cc2c1C(CC)C2. The van der Waals surface area contributed by atoms with Crippen LogP contribution in [0.4, 0.5) is 0 Å². The number of carbonyl (C=O) groups excluding carboxylic acids is 1. The van der Waals surface area contributed by atoms with Crippen LogP contribution < -0.4 is 0 Å². The van der Waals surface area contributed by atoms with Gasteiger partial charge in [0, 0.05) is 6.20 Å². The predicted octanol–water partition coefficient (Wildman–Crippen LogP) is 2.24. The fourth-order valence-electron chi connectivity index (χ4n) is 2.07. The zero-order chi connectivity index (χ0) is 10.1. The number of rotatable bonds is 3. The normalized spacial score (nSPS) is 18.6. The second kappa shape index (κ2) is 3.48. The monoisotopic (exact) mass is 193 g/mol. The Morgan fingerprint density at radius 2 is 2.43 bits per heavy atom. The van der Waals surface area contributed by atoms with Gasteiger partial charge in [0.25, 0.3) is 0 Å². The molecule has 0 saturated heterocycles. The summed E-state index contributed by atoms with van der Waals surface area (Å²) in [5.41, 5.74) is 3.13. The molecule has 2 rings (SSSR count). The van der Waals surface area contributed by atoms with Crippen molar-refractivity contribution in [2.24, 2.45) is 0 Å². The van der Waals surface area contributed by atoms with Gasteiger partial charge in [-0.3, -0.25) is 0 Å². The molecule has 3 nitrogen and oxygen atoms in total. The lowest BCUT2D eigenvalue weighted by Gasteiger charge is -2.26. The number of aromatic nitrogens is 1. The van der Waals surface area contributed by atoms with E-state index in [1.807, 2.05) is 13.1 Å². The summed E-state index contributed by atoms with van der Waals surface area (Å²) in [6.45, 7) is 4.41. The van der Waals surface area contributed by atoms with Crippen LogP contribution in [0, 0.1) is 0 Å². The fourth-order valence-corrected chi connectivity index (χ4v) is 2.07. The highest BCUT2D eigenvalue weighted by Crippen LogP contribution is 2.39. The number of nitrogens with one attached hydrogen (secondary N) is 1. The highest BCUT2D eigenvalue weighted by molar-refractivity contribution is 5.90. The second-order valence-corrected chi connectivity index (χ2v) is 3.63. The Balaban J connectivity index is 2.23. The average Bonchev–Trinajstić information content (AvgIpc) is 2.45. The largest absolute Gasteiger partial charge is 0.461 e. The molecule has 0 amide bonds. The number of ether oxygens (including phenoxy) is 1. The summed E-state index contributed by atoms with van der Waals surface area (Å²) >= 11 is 0. The molecule has 1 aromatic rings. The van der Waals surface area contributed by atoms with Crippen molar-refractivity contribution < 1.29 is 9.53 Å². The van der Waals surface area contributed by atoms with Crippen molar-refractivity contribution in [2.75, 3.05) is 6.61 Å². The van der Waals surface area contributed by atoms with Crippen molar-refractivity contribution in [1.29, 1.82) is 0 Å². The van der Waals surface area contributed by atoms with E-state index in [1.54, 1.807) is 0 Å². The molecular weight excluding hydrogens is 178 g/mol. The van der Waals surface area contributed by atoms with Crippen molar-refractivity contribution >= 4 is 5.97 Å². The first-order valence-corrected chi connectivity index (χ1v) is 5.15. The summed E-state index contributed by atoms with van der Waals surface area (Å²) in [6, 6.07) is 0. The van der Waals surface area contributed by atoms with Gasteiger partial charge < -0.3 is 9.72 Å². The van der Waals surface area contributed by atoms with E-state index in [-0.39, 0.29) is 5.97 Å². The number of esters is 1. The van der Waals surface area contributed by atoms with Gasteiger partial charge in [-0.25, -0.2) is 4.79 Å². The number of fused-ring (bicyclic) bond motifs is 1. The molecule has 76 valence electrons. The number of hydrogen-bond donors (Lipinski definition) is 1. The van der Waals surface area contributed by atoms with Crippen molar-refractivity contribution in [3.63, 3.8) is 0 Å². The third-order valence-electron chi connectivity index (χ3n) is 2.85. The zero-order valence-electron chi connectivity index (χ0n) is 8.59. The smallest absolute Gasteiger partial charge is 0.355 e. The first kappa shape index (κ1) is 9.31. The minimum absolute atomic E-state index is 0.216. The first-order valence-electron chi connectivity index (χ1n) is 5.15. The average molecular weight is 193 g/mol. The van der Waals surface area contributed by atoms with Crippen LogP contribution in [-0.4, -0.2) is 17.6 Å². The highest BCUT2D eigenvalue weighted by Gasteiger charge is 2.32. The third kappa shape index (κ3) is 1.24. The molecule has 0 aromatic carbocycles. The van der Waals surface area contributed by atoms with Gasteiger partial charge in [-0.2, -0.15) is 0 Å². The van der Waals surface area contributed by atoms with Crippen LogP contribution >= 0.6 is 0 Å². The van der Waals surface area contributed by atoms with Gasteiger partial charge >= 0.3 is 5.97 Å². The van der Waals surface area contributed by atoms with Gasteiger partial charge in [0.1, 0.15) is 5.69 Å². The van der Waals surface area contributed by atoms with E-state index in [0.717, 1.165) is 12.8 Å². The number of aromatic amines is 1. The molecule has 14 heavy (non-hydrogen) atoms. The summed E-state index contributed by atoms with van der Waals surface area (Å²) in [5, 5.41) is 0. The molecule has 3 heteroatoms. The van der Waals surface area contributed by atoms with Crippen LogP contribution in [0.2, 0.25) is 0 Å². The summed E-state index contributed by atoms with van der Waals surface area (Å²) < 4.78 is 4.98. The molecule has 0 spiro atoms. The van der Waals surface area contributed by atoms with Crippen LogP contribution in [-0.2, 0) is 11.2 Å². The van der Waals surface area contributed by atoms with Gasteiger partial charge in [0.2, 0.25) is 0 Å². The van der Waals surface area contributed by atoms with E-state index in [0.29, 0.717) is 18.2 Å². The topological polar surface area (TPSA) is 42.1 Å². The molecule has 0 aliphatic heterocycles. The molecule has 1 aliphatic carbocycles. The van der Waals surface area contributed by atoms with Gasteiger partial charge in [-0.1, -0.05) is 6.92 Å². The fraction of sp³-hybridized carbons (Fsp3) is 0.545. The Morgan fingerprint density at radius 1 is 1.64 bits per heavy atom. The van der Waals surface area contributed by atoms with Crippen LogP contribution in [0.5, 0.6) is 0 Å². The third-order valence-corrected chi connectivity index (χ3v) is 2.85. The minimum atomic E-state index is -0.216. The molecule has 1 N–H and O–H groups in total. The Bertz CT molecular complexity index is 354. The lowest BCUT2D eigenvalue weighted by Crippen LogP contribution is -2.18. The zero-order valence-corrected chi connectivity index (χ0v) is 8.59. The van der Waals surface area contributed by atoms with Gasteiger partial charge in [0.15, 0.2) is 0 Å². The van der Waals surface area contributed by atoms with E-state index in [4.69, 9.17) is 4.74 Å². The van der Waals surface area contributed by atoms with Crippen LogP contribution in [0.1, 0.15) is 47.8 Å². The summed E-state index contributed by atoms with van der Waals surface area (Å²) in [6.07, 6.45) is 4.12. The van der Waals surface area contributed by atoms with Crippen molar-refractivity contribution in [3.05, 3.63) is 23.0 Å². The second-order valence-electron chi connectivity index (χ2n) is 3.63. The summed E-state index contributed by atoms with van der Waals surface area (Å²) in [4.78, 5) is 14.5. The lowest BCUT2D eigenvalue weighted by molar-refractivity contribution is 0.0517. The molecule has 0 radical (unpaired) electrons. The Kier molecular flexibility index (Phi) is 2.32. The molecule has 1 atom stereocenters. The maximum atomic E-state index is 11.5. The first-order chi connectivity index (χ1) is 6.77. The Hall–Kier alpha value is -1.25.